The zero-order valence-corrected chi connectivity index (χ0v) is 23.7. The maximum atomic E-state index is 12.7. The van der Waals surface area contributed by atoms with E-state index in [1.54, 1.807) is 18.3 Å². The Hall–Kier alpha value is -2.83. The van der Waals surface area contributed by atoms with Crippen molar-refractivity contribution >= 4 is 5.97 Å². The van der Waals surface area contributed by atoms with Gasteiger partial charge in [-0.25, -0.2) is 15.0 Å². The fourth-order valence-corrected chi connectivity index (χ4v) is 4.87. The molecule has 2 aromatic heterocycles. The highest BCUT2D eigenvalue weighted by Crippen LogP contribution is 2.31. The Morgan fingerprint density at radius 2 is 1.73 bits per heavy atom. The van der Waals surface area contributed by atoms with Crippen LogP contribution in [0.4, 0.5) is 13.2 Å². The lowest BCUT2D eigenvalue weighted by Crippen LogP contribution is -2.43. The number of halogens is 3. The van der Waals surface area contributed by atoms with E-state index in [0.29, 0.717) is 36.8 Å². The highest BCUT2D eigenvalue weighted by Gasteiger charge is 2.35. The summed E-state index contributed by atoms with van der Waals surface area (Å²) in [6, 6.07) is 3.40. The van der Waals surface area contributed by atoms with Crippen LogP contribution in [0.3, 0.4) is 0 Å². The van der Waals surface area contributed by atoms with E-state index >= 15 is 0 Å². The number of alkyl halides is 3. The number of unbranched alkanes of at least 4 members (excludes halogenated alkanes) is 7. The van der Waals surface area contributed by atoms with Crippen LogP contribution >= 0.6 is 0 Å². The standard InChI is InChI=1S/C21H35F3N4O.C8H7NO3/c1-2-3-4-5-6-7-8-9-10-25-17-19(28-11-13-29-14-12-28)18-15-26-20(27-16-18)21(22,23)24;10-8(11)6-4-12-7-5(6)2-1-3-9-7/h15-16,19,25H,2-14,17H2,1H3;1-3,6H,4H2,(H,10,11)/t19-;6-/m00/s1. The number of pyridine rings is 1. The fourth-order valence-electron chi connectivity index (χ4n) is 4.87. The molecule has 4 rings (SSSR count). The van der Waals surface area contributed by atoms with Crippen LogP contribution in [-0.2, 0) is 15.7 Å². The van der Waals surface area contributed by atoms with Crippen LogP contribution in [0, 0.1) is 0 Å². The molecule has 41 heavy (non-hydrogen) atoms. The van der Waals surface area contributed by atoms with Crippen molar-refractivity contribution in [1.29, 1.82) is 0 Å². The molecule has 1 saturated heterocycles. The van der Waals surface area contributed by atoms with E-state index in [1.165, 1.54) is 57.3 Å². The van der Waals surface area contributed by atoms with Gasteiger partial charge in [0.05, 0.1) is 19.3 Å². The molecule has 0 radical (unpaired) electrons. The Morgan fingerprint density at radius 3 is 2.37 bits per heavy atom. The SMILES string of the molecule is CCCCCCCCCCNC[C@@H](c1cnc(C(F)(F)F)nc1)N1CCOCC1.O=C(O)[C@H]1COc2ncccc21. The van der Waals surface area contributed by atoms with Gasteiger partial charge in [0.15, 0.2) is 0 Å². The van der Waals surface area contributed by atoms with E-state index in [9.17, 15) is 18.0 Å². The molecule has 0 unspecified atom stereocenters. The molecule has 0 spiro atoms. The summed E-state index contributed by atoms with van der Waals surface area (Å²) >= 11 is 0. The molecule has 1 fully saturated rings. The van der Waals surface area contributed by atoms with Gasteiger partial charge in [-0.3, -0.25) is 9.69 Å². The first-order chi connectivity index (χ1) is 19.8. The first-order valence-corrected chi connectivity index (χ1v) is 14.5. The second-order valence-electron chi connectivity index (χ2n) is 10.3. The van der Waals surface area contributed by atoms with Gasteiger partial charge >= 0.3 is 12.1 Å². The largest absolute Gasteiger partial charge is 0.481 e. The number of hydrogen-bond donors (Lipinski definition) is 2. The number of ether oxygens (including phenoxy) is 2. The molecule has 228 valence electrons. The first kappa shape index (κ1) is 32.7. The van der Waals surface area contributed by atoms with Crippen molar-refractivity contribution in [3.05, 3.63) is 47.7 Å². The van der Waals surface area contributed by atoms with Crippen molar-refractivity contribution in [2.75, 3.05) is 46.0 Å². The molecule has 2 N–H and O–H groups in total. The predicted octanol–water partition coefficient (Wildman–Crippen LogP) is 5.24. The summed E-state index contributed by atoms with van der Waals surface area (Å²) in [6.07, 6.45) is 9.88. The van der Waals surface area contributed by atoms with Crippen molar-refractivity contribution in [3.63, 3.8) is 0 Å². The number of carboxylic acids is 1. The number of carbonyl (C=O) groups is 1. The fraction of sp³-hybridized carbons (Fsp3) is 0.655. The summed E-state index contributed by atoms with van der Waals surface area (Å²) in [7, 11) is 0. The summed E-state index contributed by atoms with van der Waals surface area (Å²) in [4.78, 5) is 23.9. The number of aromatic nitrogens is 3. The minimum atomic E-state index is -4.51. The van der Waals surface area contributed by atoms with Gasteiger partial charge in [-0.1, -0.05) is 57.9 Å². The molecule has 9 nitrogen and oxygen atoms in total. The third kappa shape index (κ3) is 10.8. The van der Waals surface area contributed by atoms with Crippen LogP contribution in [0.15, 0.2) is 30.7 Å². The van der Waals surface area contributed by atoms with Gasteiger partial charge in [-0.05, 0) is 19.0 Å². The predicted molar refractivity (Wildman–Crippen MR) is 148 cm³/mol. The third-order valence-corrected chi connectivity index (χ3v) is 7.20. The number of morpholine rings is 1. The Bertz CT molecular complexity index is 1040. The van der Waals surface area contributed by atoms with Gasteiger partial charge in [-0.15, -0.1) is 0 Å². The quantitative estimate of drug-likeness (QED) is 0.290. The molecule has 0 bridgehead atoms. The number of nitrogens with one attached hydrogen (secondary N) is 1. The summed E-state index contributed by atoms with van der Waals surface area (Å²) in [5.74, 6) is -2.05. The number of hydrogen-bond acceptors (Lipinski definition) is 8. The highest BCUT2D eigenvalue weighted by atomic mass is 19.4. The number of fused-ring (bicyclic) bond motifs is 1. The van der Waals surface area contributed by atoms with Crippen LogP contribution in [-0.4, -0.2) is 76.9 Å². The molecule has 0 aliphatic carbocycles. The van der Waals surface area contributed by atoms with E-state index in [1.807, 2.05) is 0 Å². The first-order valence-electron chi connectivity index (χ1n) is 14.5. The Morgan fingerprint density at radius 1 is 1.07 bits per heavy atom. The summed E-state index contributed by atoms with van der Waals surface area (Å²) < 4.78 is 48.7. The van der Waals surface area contributed by atoms with E-state index in [0.717, 1.165) is 26.1 Å². The van der Waals surface area contributed by atoms with Crippen LogP contribution in [0.2, 0.25) is 0 Å². The summed E-state index contributed by atoms with van der Waals surface area (Å²) in [6.45, 7) is 6.79. The average molecular weight is 582 g/mol. The van der Waals surface area contributed by atoms with E-state index in [4.69, 9.17) is 14.6 Å². The van der Waals surface area contributed by atoms with Crippen LogP contribution in [0.1, 0.15) is 87.2 Å². The van der Waals surface area contributed by atoms with Crippen molar-refractivity contribution in [2.24, 2.45) is 0 Å². The molecule has 4 heterocycles. The second kappa shape index (κ2) is 17.2. The molecule has 0 amide bonds. The van der Waals surface area contributed by atoms with Crippen molar-refractivity contribution < 1.29 is 32.5 Å². The van der Waals surface area contributed by atoms with Gasteiger partial charge in [0.1, 0.15) is 12.5 Å². The van der Waals surface area contributed by atoms with Crippen LogP contribution in [0.5, 0.6) is 5.88 Å². The normalized spacial score (nSPS) is 17.7. The van der Waals surface area contributed by atoms with Gasteiger partial charge < -0.3 is 19.9 Å². The van der Waals surface area contributed by atoms with Crippen LogP contribution < -0.4 is 10.1 Å². The number of carboxylic acid groups (broad SMARTS) is 1. The Kier molecular flexibility index (Phi) is 13.7. The average Bonchev–Trinajstić information content (AvgIpc) is 3.41. The minimum Gasteiger partial charge on any atom is -0.481 e. The molecular weight excluding hydrogens is 539 g/mol. The molecule has 2 aromatic rings. The molecule has 2 aliphatic rings. The molecule has 0 aromatic carbocycles. The lowest BCUT2D eigenvalue weighted by atomic mass is 10.0. The summed E-state index contributed by atoms with van der Waals surface area (Å²) in [5.41, 5.74) is 1.38. The number of rotatable bonds is 14. The van der Waals surface area contributed by atoms with E-state index < -0.39 is 23.9 Å². The highest BCUT2D eigenvalue weighted by molar-refractivity contribution is 5.78. The maximum absolute atomic E-state index is 12.7. The minimum absolute atomic E-state index is 0.0461. The molecular formula is C29H42F3N5O4. The van der Waals surface area contributed by atoms with Gasteiger partial charge in [0.25, 0.3) is 0 Å². The van der Waals surface area contributed by atoms with Crippen molar-refractivity contribution in [3.8, 4) is 5.88 Å². The monoisotopic (exact) mass is 581 g/mol. The van der Waals surface area contributed by atoms with E-state index in [2.05, 4.69) is 32.1 Å². The zero-order valence-electron chi connectivity index (χ0n) is 23.7. The number of nitrogens with zero attached hydrogens (tertiary/aromatic N) is 4. The van der Waals surface area contributed by atoms with Crippen molar-refractivity contribution in [2.45, 2.75) is 76.4 Å². The second-order valence-corrected chi connectivity index (χ2v) is 10.3. The van der Waals surface area contributed by atoms with E-state index in [-0.39, 0.29) is 12.6 Å². The Balaban J connectivity index is 0.000000317. The topological polar surface area (TPSA) is 110 Å². The van der Waals surface area contributed by atoms with Gasteiger partial charge in [0.2, 0.25) is 11.7 Å². The third-order valence-electron chi connectivity index (χ3n) is 7.20. The molecule has 2 aliphatic heterocycles. The molecule has 2 atom stereocenters. The van der Waals surface area contributed by atoms with Crippen LogP contribution in [0.25, 0.3) is 0 Å². The lowest BCUT2D eigenvalue weighted by Gasteiger charge is -2.34. The van der Waals surface area contributed by atoms with Crippen molar-refractivity contribution in [1.82, 2.24) is 25.2 Å². The molecule has 0 saturated carbocycles. The molecule has 12 heteroatoms. The number of aliphatic carboxylic acids is 1. The van der Waals surface area contributed by atoms with Gasteiger partial charge in [-0.2, -0.15) is 13.2 Å². The van der Waals surface area contributed by atoms with Gasteiger partial charge in [0, 0.05) is 49.4 Å². The Labute approximate surface area is 239 Å². The smallest absolute Gasteiger partial charge is 0.451 e. The maximum Gasteiger partial charge on any atom is 0.451 e. The zero-order chi connectivity index (χ0) is 29.5. The lowest BCUT2D eigenvalue weighted by molar-refractivity contribution is -0.145. The summed E-state index contributed by atoms with van der Waals surface area (Å²) in [5, 5.41) is 12.2.